The molecule has 1 aromatic heterocycles. The van der Waals surface area contributed by atoms with Crippen molar-refractivity contribution in [3.63, 3.8) is 0 Å². The summed E-state index contributed by atoms with van der Waals surface area (Å²) in [5.41, 5.74) is 1.99. The molecule has 0 aliphatic carbocycles. The molecule has 0 N–H and O–H groups in total. The Labute approximate surface area is 89.1 Å². The van der Waals surface area contributed by atoms with Gasteiger partial charge in [0.1, 0.15) is 7.85 Å². The van der Waals surface area contributed by atoms with Gasteiger partial charge in [-0.1, -0.05) is 11.5 Å². The number of fused-ring (bicyclic) bond motifs is 1. The Hall–Kier alpha value is -1.71. The highest BCUT2D eigenvalue weighted by Gasteiger charge is 2.12. The minimum atomic E-state index is -0.362. The molecule has 1 aromatic carbocycles. The molecule has 0 atom stereocenters. The predicted octanol–water partition coefficient (Wildman–Crippen LogP) is 0.759. The van der Waals surface area contributed by atoms with E-state index in [1.807, 2.05) is 29.9 Å². The summed E-state index contributed by atoms with van der Waals surface area (Å²) in [7, 11) is 8.99. The summed E-state index contributed by atoms with van der Waals surface area (Å²) in [6, 6.07) is 5.34. The Balaban J connectivity index is 2.78. The third-order valence-electron chi connectivity index (χ3n) is 2.43. The van der Waals surface area contributed by atoms with Gasteiger partial charge in [-0.05, 0) is 12.1 Å². The van der Waals surface area contributed by atoms with Crippen molar-refractivity contribution in [3.05, 3.63) is 30.0 Å². The molecule has 0 aliphatic heterocycles. The second-order valence-corrected chi connectivity index (χ2v) is 3.42. The highest BCUT2D eigenvalue weighted by Crippen LogP contribution is 2.18. The van der Waals surface area contributed by atoms with Crippen LogP contribution in [-0.4, -0.2) is 25.5 Å². The van der Waals surface area contributed by atoms with E-state index in [0.717, 1.165) is 10.9 Å². The van der Waals surface area contributed by atoms with E-state index in [2.05, 4.69) is 0 Å². The molecule has 3 nitrogen and oxygen atoms in total. The van der Waals surface area contributed by atoms with Crippen LogP contribution in [0.2, 0.25) is 0 Å². The molecule has 74 valence electrons. The average molecular weight is 199 g/mol. The van der Waals surface area contributed by atoms with E-state index in [-0.39, 0.29) is 5.97 Å². The molecular weight excluding hydrogens is 189 g/mol. The Kier molecular flexibility index (Phi) is 2.27. The molecule has 0 fully saturated rings. The second kappa shape index (κ2) is 3.46. The lowest BCUT2D eigenvalue weighted by molar-refractivity contribution is 0.0603. The minimum Gasteiger partial charge on any atom is -0.465 e. The van der Waals surface area contributed by atoms with Gasteiger partial charge in [0.25, 0.3) is 0 Å². The maximum atomic E-state index is 11.5. The second-order valence-electron chi connectivity index (χ2n) is 3.42. The van der Waals surface area contributed by atoms with Crippen LogP contribution in [0.3, 0.4) is 0 Å². The number of esters is 1. The number of carbonyl (C=O) groups is 1. The smallest absolute Gasteiger partial charge is 0.338 e. The van der Waals surface area contributed by atoms with Gasteiger partial charge in [0, 0.05) is 24.1 Å². The number of benzene rings is 1. The van der Waals surface area contributed by atoms with Gasteiger partial charge in [-0.2, -0.15) is 0 Å². The summed E-state index contributed by atoms with van der Waals surface area (Å²) < 4.78 is 6.62. The summed E-state index contributed by atoms with van der Waals surface area (Å²) in [6.07, 6.45) is 1.89. The van der Waals surface area contributed by atoms with Crippen molar-refractivity contribution in [1.82, 2.24) is 4.57 Å². The monoisotopic (exact) mass is 199 g/mol. The van der Waals surface area contributed by atoms with Gasteiger partial charge in [0.05, 0.1) is 12.7 Å². The van der Waals surface area contributed by atoms with E-state index in [1.54, 1.807) is 6.07 Å². The van der Waals surface area contributed by atoms with Gasteiger partial charge < -0.3 is 9.30 Å². The molecule has 0 spiro atoms. The van der Waals surface area contributed by atoms with Gasteiger partial charge in [-0.3, -0.25) is 0 Å². The first-order valence-electron chi connectivity index (χ1n) is 4.56. The quantitative estimate of drug-likeness (QED) is 0.501. The van der Waals surface area contributed by atoms with Crippen LogP contribution in [0.5, 0.6) is 0 Å². The lowest BCUT2D eigenvalue weighted by Gasteiger charge is -2.04. The fourth-order valence-corrected chi connectivity index (χ4v) is 1.67. The molecule has 2 rings (SSSR count). The number of rotatable bonds is 1. The topological polar surface area (TPSA) is 31.2 Å². The van der Waals surface area contributed by atoms with Crippen molar-refractivity contribution < 1.29 is 9.53 Å². The number of carbonyl (C=O) groups excluding carboxylic acids is 1. The van der Waals surface area contributed by atoms with Crippen LogP contribution in [-0.2, 0) is 11.8 Å². The molecule has 4 heteroatoms. The summed E-state index contributed by atoms with van der Waals surface area (Å²) in [5, 5.41) is 0.860. The summed E-state index contributed by atoms with van der Waals surface area (Å²) >= 11 is 0. The maximum Gasteiger partial charge on any atom is 0.338 e. The lowest BCUT2D eigenvalue weighted by atomic mass is 9.92. The molecule has 2 radical (unpaired) electrons. The standard InChI is InChI=1S/C11H10BNO2/c1-13-4-3-8-9(11(14)15-2)5-7(12)6-10(8)13/h3-6H,1-2H3. The van der Waals surface area contributed by atoms with Crippen LogP contribution >= 0.6 is 0 Å². The number of nitrogens with zero attached hydrogens (tertiary/aromatic N) is 1. The van der Waals surface area contributed by atoms with Crippen LogP contribution in [0.15, 0.2) is 24.4 Å². The van der Waals surface area contributed by atoms with Crippen LogP contribution in [0.1, 0.15) is 10.4 Å². The zero-order chi connectivity index (χ0) is 11.0. The van der Waals surface area contributed by atoms with Gasteiger partial charge in [0.15, 0.2) is 0 Å². The van der Waals surface area contributed by atoms with E-state index in [0.29, 0.717) is 11.0 Å². The molecule has 0 aliphatic rings. The van der Waals surface area contributed by atoms with Crippen LogP contribution in [0.4, 0.5) is 0 Å². The van der Waals surface area contributed by atoms with Gasteiger partial charge in [-0.15, -0.1) is 0 Å². The van der Waals surface area contributed by atoms with Crippen LogP contribution < -0.4 is 5.46 Å². The fourth-order valence-electron chi connectivity index (χ4n) is 1.67. The summed E-state index contributed by atoms with van der Waals surface area (Å²) in [4.78, 5) is 11.5. The van der Waals surface area contributed by atoms with E-state index in [1.165, 1.54) is 7.11 Å². The first kappa shape index (κ1) is 9.83. The van der Waals surface area contributed by atoms with Gasteiger partial charge in [-0.25, -0.2) is 4.79 Å². The number of hydrogen-bond acceptors (Lipinski definition) is 2. The van der Waals surface area contributed by atoms with E-state index >= 15 is 0 Å². The van der Waals surface area contributed by atoms with Crippen molar-refractivity contribution in [2.75, 3.05) is 7.11 Å². The number of hydrogen-bond donors (Lipinski definition) is 0. The van der Waals surface area contributed by atoms with E-state index in [4.69, 9.17) is 12.6 Å². The molecule has 1 heterocycles. The van der Waals surface area contributed by atoms with Crippen LogP contribution in [0.25, 0.3) is 10.9 Å². The zero-order valence-electron chi connectivity index (χ0n) is 8.65. The van der Waals surface area contributed by atoms with Crippen molar-refractivity contribution >= 4 is 30.2 Å². The Bertz CT molecular complexity index is 531. The lowest BCUT2D eigenvalue weighted by Crippen LogP contribution is -2.10. The first-order chi connectivity index (χ1) is 7.13. The molecular formula is C11H10BNO2. The summed E-state index contributed by atoms with van der Waals surface area (Å²) in [5.74, 6) is -0.362. The highest BCUT2D eigenvalue weighted by molar-refractivity contribution is 6.34. The van der Waals surface area contributed by atoms with Crippen molar-refractivity contribution in [1.29, 1.82) is 0 Å². The molecule has 2 aromatic rings. The molecule has 0 amide bonds. The number of aryl methyl sites for hydroxylation is 1. The SMILES string of the molecule is [B]c1cc(C(=O)OC)c2ccn(C)c2c1. The Morgan fingerprint density at radius 3 is 2.87 bits per heavy atom. The molecule has 0 saturated heterocycles. The number of aromatic nitrogens is 1. The third kappa shape index (κ3) is 1.52. The fraction of sp³-hybridized carbons (Fsp3) is 0.182. The maximum absolute atomic E-state index is 11.5. The van der Waals surface area contributed by atoms with E-state index in [9.17, 15) is 4.79 Å². The Morgan fingerprint density at radius 1 is 1.47 bits per heavy atom. The average Bonchev–Trinajstić information content (AvgIpc) is 2.58. The zero-order valence-corrected chi connectivity index (χ0v) is 8.65. The first-order valence-corrected chi connectivity index (χ1v) is 4.56. The molecule has 0 unspecified atom stereocenters. The molecule has 0 saturated carbocycles. The summed E-state index contributed by atoms with van der Waals surface area (Å²) in [6.45, 7) is 0. The van der Waals surface area contributed by atoms with Gasteiger partial charge >= 0.3 is 5.97 Å². The third-order valence-corrected chi connectivity index (χ3v) is 2.43. The number of ether oxygens (including phenoxy) is 1. The largest absolute Gasteiger partial charge is 0.465 e. The van der Waals surface area contributed by atoms with Crippen molar-refractivity contribution in [3.8, 4) is 0 Å². The Morgan fingerprint density at radius 2 is 2.20 bits per heavy atom. The van der Waals surface area contributed by atoms with Crippen molar-refractivity contribution in [2.45, 2.75) is 0 Å². The normalized spacial score (nSPS) is 10.5. The van der Waals surface area contributed by atoms with Crippen LogP contribution in [0, 0.1) is 0 Å². The van der Waals surface area contributed by atoms with Gasteiger partial charge in [0.2, 0.25) is 0 Å². The molecule has 15 heavy (non-hydrogen) atoms. The minimum absolute atomic E-state index is 0.362. The van der Waals surface area contributed by atoms with E-state index < -0.39 is 0 Å². The number of methoxy groups -OCH3 is 1. The highest BCUT2D eigenvalue weighted by atomic mass is 16.5. The van der Waals surface area contributed by atoms with Crippen molar-refractivity contribution in [2.24, 2.45) is 7.05 Å². The molecule has 0 bridgehead atoms. The predicted molar refractivity (Wildman–Crippen MR) is 59.6 cm³/mol.